The zero-order valence-electron chi connectivity index (χ0n) is 13.8. The Morgan fingerprint density at radius 2 is 2.12 bits per heavy atom. The molecule has 2 aliphatic rings. The molecule has 2 fully saturated rings. The van der Waals surface area contributed by atoms with Gasteiger partial charge in [0.05, 0.1) is 10.9 Å². The Bertz CT molecular complexity index is 578. The summed E-state index contributed by atoms with van der Waals surface area (Å²) in [6.07, 6.45) is 4.56. The third-order valence-electron chi connectivity index (χ3n) is 4.70. The summed E-state index contributed by atoms with van der Waals surface area (Å²) in [5, 5.41) is 4.28. The molecule has 4 nitrogen and oxygen atoms in total. The van der Waals surface area contributed by atoms with Crippen LogP contribution >= 0.6 is 23.2 Å². The van der Waals surface area contributed by atoms with Crippen molar-refractivity contribution in [3.05, 3.63) is 28.2 Å². The SMILES string of the molecule is O=C(NCC1CC1)C1CCCN(CCOc2cc(Cl)ccc2Cl)C1. The summed E-state index contributed by atoms with van der Waals surface area (Å²) in [6, 6.07) is 5.21. The van der Waals surface area contributed by atoms with Gasteiger partial charge in [-0.3, -0.25) is 9.69 Å². The van der Waals surface area contributed by atoms with E-state index in [1.54, 1.807) is 18.2 Å². The van der Waals surface area contributed by atoms with Gasteiger partial charge in [0.15, 0.2) is 0 Å². The summed E-state index contributed by atoms with van der Waals surface area (Å²) in [4.78, 5) is 14.5. The summed E-state index contributed by atoms with van der Waals surface area (Å²) in [7, 11) is 0. The van der Waals surface area contributed by atoms with E-state index in [1.807, 2.05) is 0 Å². The minimum Gasteiger partial charge on any atom is -0.491 e. The number of benzene rings is 1. The lowest BCUT2D eigenvalue weighted by molar-refractivity contribution is -0.126. The highest BCUT2D eigenvalue weighted by Crippen LogP contribution is 2.28. The van der Waals surface area contributed by atoms with Crippen LogP contribution in [0.4, 0.5) is 0 Å². The topological polar surface area (TPSA) is 41.6 Å². The highest BCUT2D eigenvalue weighted by atomic mass is 35.5. The fourth-order valence-corrected chi connectivity index (χ4v) is 3.39. The van der Waals surface area contributed by atoms with Crippen molar-refractivity contribution in [2.45, 2.75) is 25.7 Å². The number of carbonyl (C=O) groups excluding carboxylic acids is 1. The second-order valence-electron chi connectivity index (χ2n) is 6.75. The molecule has 132 valence electrons. The van der Waals surface area contributed by atoms with Crippen LogP contribution in [0.5, 0.6) is 5.75 Å². The summed E-state index contributed by atoms with van der Waals surface area (Å²) in [6.45, 7) is 4.00. The highest BCUT2D eigenvalue weighted by molar-refractivity contribution is 6.34. The predicted octanol–water partition coefficient (Wildman–Crippen LogP) is 3.61. The molecular weight excluding hydrogens is 347 g/mol. The van der Waals surface area contributed by atoms with Crippen LogP contribution in [0.25, 0.3) is 0 Å². The number of carbonyl (C=O) groups is 1. The normalized spacial score (nSPS) is 21.5. The molecule has 6 heteroatoms. The van der Waals surface area contributed by atoms with E-state index >= 15 is 0 Å². The fraction of sp³-hybridized carbons (Fsp3) is 0.611. The Hall–Kier alpha value is -0.970. The minimum atomic E-state index is 0.104. The smallest absolute Gasteiger partial charge is 0.224 e. The summed E-state index contributed by atoms with van der Waals surface area (Å²) < 4.78 is 5.74. The van der Waals surface area contributed by atoms with Crippen LogP contribution in [0.1, 0.15) is 25.7 Å². The molecule has 1 aromatic carbocycles. The average Bonchev–Trinajstić information content (AvgIpc) is 3.40. The van der Waals surface area contributed by atoms with Crippen molar-refractivity contribution in [2.75, 3.05) is 32.8 Å². The van der Waals surface area contributed by atoms with Crippen molar-refractivity contribution in [3.8, 4) is 5.75 Å². The van der Waals surface area contributed by atoms with E-state index < -0.39 is 0 Å². The first-order valence-electron chi connectivity index (χ1n) is 8.70. The molecule has 24 heavy (non-hydrogen) atoms. The maximum Gasteiger partial charge on any atom is 0.224 e. The van der Waals surface area contributed by atoms with E-state index in [4.69, 9.17) is 27.9 Å². The molecule has 0 bridgehead atoms. The van der Waals surface area contributed by atoms with Crippen molar-refractivity contribution < 1.29 is 9.53 Å². The molecule has 1 amide bonds. The molecule has 1 saturated heterocycles. The van der Waals surface area contributed by atoms with Gasteiger partial charge >= 0.3 is 0 Å². The first-order valence-corrected chi connectivity index (χ1v) is 9.45. The van der Waals surface area contributed by atoms with Gasteiger partial charge in [-0.1, -0.05) is 23.2 Å². The molecule has 1 heterocycles. The third-order valence-corrected chi connectivity index (χ3v) is 5.24. The van der Waals surface area contributed by atoms with Crippen molar-refractivity contribution >= 4 is 29.1 Å². The molecule has 1 atom stereocenters. The number of nitrogens with zero attached hydrogens (tertiary/aromatic N) is 1. The van der Waals surface area contributed by atoms with Crippen LogP contribution in [0, 0.1) is 11.8 Å². The van der Waals surface area contributed by atoms with Gasteiger partial charge in [-0.15, -0.1) is 0 Å². The molecule has 3 rings (SSSR count). The van der Waals surface area contributed by atoms with Crippen LogP contribution in [-0.4, -0.2) is 43.6 Å². The number of ether oxygens (including phenoxy) is 1. The van der Waals surface area contributed by atoms with Gasteiger partial charge < -0.3 is 10.1 Å². The van der Waals surface area contributed by atoms with E-state index in [9.17, 15) is 4.79 Å². The maximum atomic E-state index is 12.3. The number of piperidine rings is 1. The molecule has 1 aromatic rings. The largest absolute Gasteiger partial charge is 0.491 e. The maximum absolute atomic E-state index is 12.3. The molecule has 1 saturated carbocycles. The number of hydrogen-bond acceptors (Lipinski definition) is 3. The Labute approximate surface area is 153 Å². The molecular formula is C18H24Cl2N2O2. The minimum absolute atomic E-state index is 0.104. The monoisotopic (exact) mass is 370 g/mol. The third kappa shape index (κ3) is 5.27. The molecule has 1 aliphatic heterocycles. The quantitative estimate of drug-likeness (QED) is 0.796. The van der Waals surface area contributed by atoms with Crippen LogP contribution in [-0.2, 0) is 4.79 Å². The second kappa shape index (κ2) is 8.41. The summed E-state index contributed by atoms with van der Waals surface area (Å²) >= 11 is 12.1. The lowest BCUT2D eigenvalue weighted by atomic mass is 9.97. The van der Waals surface area contributed by atoms with Crippen molar-refractivity contribution in [2.24, 2.45) is 11.8 Å². The first kappa shape index (κ1) is 17.8. The highest BCUT2D eigenvalue weighted by Gasteiger charge is 2.27. The Morgan fingerprint density at radius 3 is 2.92 bits per heavy atom. The lowest BCUT2D eigenvalue weighted by Gasteiger charge is -2.31. The Morgan fingerprint density at radius 1 is 1.29 bits per heavy atom. The Balaban J connectivity index is 1.41. The van der Waals surface area contributed by atoms with Crippen molar-refractivity contribution in [1.82, 2.24) is 10.2 Å². The molecule has 0 aromatic heterocycles. The van der Waals surface area contributed by atoms with Gasteiger partial charge in [-0.25, -0.2) is 0 Å². The zero-order valence-corrected chi connectivity index (χ0v) is 15.3. The number of nitrogens with one attached hydrogen (secondary N) is 1. The molecule has 1 N–H and O–H groups in total. The zero-order chi connectivity index (χ0) is 16.9. The van der Waals surface area contributed by atoms with Crippen LogP contribution in [0.2, 0.25) is 10.0 Å². The molecule has 0 radical (unpaired) electrons. The van der Waals surface area contributed by atoms with Gasteiger partial charge in [0.25, 0.3) is 0 Å². The van der Waals surface area contributed by atoms with Gasteiger partial charge in [-0.05, 0) is 50.3 Å². The number of likely N-dealkylation sites (tertiary alicyclic amines) is 1. The van der Waals surface area contributed by atoms with Gasteiger partial charge in [0, 0.05) is 30.7 Å². The van der Waals surface area contributed by atoms with Crippen LogP contribution < -0.4 is 10.1 Å². The van der Waals surface area contributed by atoms with E-state index in [0.717, 1.165) is 44.9 Å². The lowest BCUT2D eigenvalue weighted by Crippen LogP contribution is -2.44. The fourth-order valence-electron chi connectivity index (χ4n) is 3.06. The number of hydrogen-bond donors (Lipinski definition) is 1. The summed E-state index contributed by atoms with van der Waals surface area (Å²) in [5.41, 5.74) is 0. The average molecular weight is 371 g/mol. The number of halogens is 2. The van der Waals surface area contributed by atoms with Crippen LogP contribution in [0.15, 0.2) is 18.2 Å². The van der Waals surface area contributed by atoms with Crippen molar-refractivity contribution in [1.29, 1.82) is 0 Å². The van der Waals surface area contributed by atoms with Gasteiger partial charge in [0.1, 0.15) is 12.4 Å². The van der Waals surface area contributed by atoms with E-state index in [-0.39, 0.29) is 11.8 Å². The van der Waals surface area contributed by atoms with Gasteiger partial charge in [0.2, 0.25) is 5.91 Å². The van der Waals surface area contributed by atoms with Crippen LogP contribution in [0.3, 0.4) is 0 Å². The molecule has 1 aliphatic carbocycles. The summed E-state index contributed by atoms with van der Waals surface area (Å²) in [5.74, 6) is 1.65. The molecule has 0 spiro atoms. The predicted molar refractivity (Wildman–Crippen MR) is 96.9 cm³/mol. The number of rotatable bonds is 7. The number of amides is 1. The van der Waals surface area contributed by atoms with E-state index in [0.29, 0.717) is 22.4 Å². The molecule has 1 unspecified atom stereocenters. The Kier molecular flexibility index (Phi) is 6.25. The first-order chi connectivity index (χ1) is 11.6. The van der Waals surface area contributed by atoms with E-state index in [1.165, 1.54) is 12.8 Å². The van der Waals surface area contributed by atoms with Crippen molar-refractivity contribution in [3.63, 3.8) is 0 Å². The second-order valence-corrected chi connectivity index (χ2v) is 7.60. The van der Waals surface area contributed by atoms with Gasteiger partial charge in [-0.2, -0.15) is 0 Å². The standard InChI is InChI=1S/C18H24Cl2N2O2/c19-15-5-6-16(20)17(10-15)24-9-8-22-7-1-2-14(12-22)18(23)21-11-13-3-4-13/h5-6,10,13-14H,1-4,7-9,11-12H2,(H,21,23). The van der Waals surface area contributed by atoms with E-state index in [2.05, 4.69) is 10.2 Å².